The Kier molecular flexibility index (Phi) is 9.65. The molecule has 0 aliphatic rings. The van der Waals surface area contributed by atoms with Crippen LogP contribution in [0.25, 0.3) is 0 Å². The molecule has 0 heterocycles. The van der Waals surface area contributed by atoms with Crippen LogP contribution in [0.2, 0.25) is 0 Å². The average molecular weight is 393 g/mol. The molecule has 0 bridgehead atoms. The van der Waals surface area contributed by atoms with Gasteiger partial charge in [0.1, 0.15) is 11.5 Å². The lowest BCUT2D eigenvalue weighted by molar-refractivity contribution is 0.0996. The van der Waals surface area contributed by atoms with Crippen molar-refractivity contribution in [3.8, 4) is 11.5 Å². The van der Waals surface area contributed by atoms with Crippen molar-refractivity contribution in [2.75, 3.05) is 26.3 Å². The maximum Gasteiger partial charge on any atom is 0.252 e. The lowest BCUT2D eigenvalue weighted by atomic mass is 10.1. The molecule has 1 amide bonds. The molecule has 11 nitrogen and oxygen atoms in total. The van der Waals surface area contributed by atoms with E-state index in [-0.39, 0.29) is 35.4 Å². The second kappa shape index (κ2) is 12.0. The Morgan fingerprint density at radius 1 is 0.857 bits per heavy atom. The minimum atomic E-state index is -0.717. The van der Waals surface area contributed by atoms with Crippen LogP contribution in [-0.4, -0.2) is 50.4 Å². The van der Waals surface area contributed by atoms with Crippen molar-refractivity contribution in [3.05, 3.63) is 23.3 Å². The van der Waals surface area contributed by atoms with Gasteiger partial charge in [-0.25, -0.2) is 0 Å². The van der Waals surface area contributed by atoms with Gasteiger partial charge >= 0.3 is 0 Å². The molecule has 0 aliphatic heterocycles. The first-order valence-electron chi connectivity index (χ1n) is 8.64. The van der Waals surface area contributed by atoms with E-state index >= 15 is 0 Å². The molecule has 0 fully saturated rings. The monoisotopic (exact) mass is 393 g/mol. The van der Waals surface area contributed by atoms with Crippen LogP contribution in [0.4, 0.5) is 0 Å². The van der Waals surface area contributed by atoms with Crippen molar-refractivity contribution in [3.63, 3.8) is 0 Å². The first kappa shape index (κ1) is 22.5. The number of aldehydes is 1. The molecule has 0 saturated heterocycles. The topological polar surface area (TPSA) is 207 Å². The third-order valence-corrected chi connectivity index (χ3v) is 3.46. The summed E-state index contributed by atoms with van der Waals surface area (Å²) in [4.78, 5) is 30.7. The number of hydrogen-bond donors (Lipinski definition) is 5. The molecule has 1 aromatic rings. The summed E-state index contributed by atoms with van der Waals surface area (Å²) in [6, 6.07) is 2.82. The zero-order valence-corrected chi connectivity index (χ0v) is 15.6. The Balaban J connectivity index is 2.77. The molecule has 154 valence electrons. The summed E-state index contributed by atoms with van der Waals surface area (Å²) in [5.41, 5.74) is 26.7. The number of carbonyl (C=O) groups excluding carboxylic acids is 2. The molecule has 0 atom stereocenters. The van der Waals surface area contributed by atoms with Gasteiger partial charge < -0.3 is 38.1 Å². The summed E-state index contributed by atoms with van der Waals surface area (Å²) in [6.45, 7) is 1.44. The fourth-order valence-corrected chi connectivity index (χ4v) is 2.17. The van der Waals surface area contributed by atoms with Gasteiger partial charge in [0.2, 0.25) is 0 Å². The molecule has 1 aromatic carbocycles. The fraction of sp³-hybridized carbons (Fsp3) is 0.412. The first-order valence-corrected chi connectivity index (χ1v) is 8.64. The second-order valence-electron chi connectivity index (χ2n) is 5.74. The Hall–Kier alpha value is -3.50. The standard InChI is InChI=1S/C17H27N7O4/c18-15(26)12-8-11(10-25)13(27-6-2-1-4-23-16(19)20)9-14(12)28-7-3-5-24-17(21)22/h8-10H,1-7H2,(H2,18,26)(H4,19,20,23)(H4,21,22,24). The quantitative estimate of drug-likeness (QED) is 0.122. The molecule has 0 spiro atoms. The van der Waals surface area contributed by atoms with Crippen LogP contribution >= 0.6 is 0 Å². The van der Waals surface area contributed by atoms with Gasteiger partial charge in [0, 0.05) is 25.6 Å². The van der Waals surface area contributed by atoms with Gasteiger partial charge in [-0.15, -0.1) is 0 Å². The maximum atomic E-state index is 11.7. The number of nitrogens with two attached hydrogens (primary N) is 5. The van der Waals surface area contributed by atoms with Crippen molar-refractivity contribution in [2.24, 2.45) is 38.7 Å². The Morgan fingerprint density at radius 2 is 1.43 bits per heavy atom. The smallest absolute Gasteiger partial charge is 0.252 e. The molecule has 11 heteroatoms. The van der Waals surface area contributed by atoms with Crippen LogP contribution in [0, 0.1) is 0 Å². The van der Waals surface area contributed by atoms with Crippen LogP contribution in [0.5, 0.6) is 11.5 Å². The molecule has 0 aromatic heterocycles. The van der Waals surface area contributed by atoms with Crippen molar-refractivity contribution < 1.29 is 19.1 Å². The summed E-state index contributed by atoms with van der Waals surface area (Å²) >= 11 is 0. The highest BCUT2D eigenvalue weighted by atomic mass is 16.5. The number of amides is 1. The number of ether oxygens (including phenoxy) is 2. The van der Waals surface area contributed by atoms with Gasteiger partial charge in [-0.2, -0.15) is 0 Å². The largest absolute Gasteiger partial charge is 0.493 e. The van der Waals surface area contributed by atoms with Gasteiger partial charge in [0.15, 0.2) is 18.2 Å². The van der Waals surface area contributed by atoms with E-state index in [1.807, 2.05) is 0 Å². The molecule has 0 unspecified atom stereocenters. The van der Waals surface area contributed by atoms with Gasteiger partial charge in [-0.05, 0) is 18.9 Å². The SMILES string of the molecule is NC(=O)c1cc(C=O)c(OCCCCN=C(N)N)cc1OCCCN=C(N)N. The Labute approximate surface area is 162 Å². The van der Waals surface area contributed by atoms with Crippen molar-refractivity contribution in [1.82, 2.24) is 0 Å². The number of nitrogens with zero attached hydrogens (tertiary/aromatic N) is 2. The lowest BCUT2D eigenvalue weighted by Gasteiger charge is -2.14. The molecule has 0 radical (unpaired) electrons. The predicted molar refractivity (Wildman–Crippen MR) is 107 cm³/mol. The van der Waals surface area contributed by atoms with E-state index in [2.05, 4.69) is 9.98 Å². The van der Waals surface area contributed by atoms with Crippen molar-refractivity contribution in [1.29, 1.82) is 0 Å². The summed E-state index contributed by atoms with van der Waals surface area (Å²) < 4.78 is 11.2. The molecule has 1 rings (SSSR count). The summed E-state index contributed by atoms with van der Waals surface area (Å²) in [5, 5.41) is 0. The third kappa shape index (κ3) is 8.25. The molecule has 0 saturated carbocycles. The van der Waals surface area contributed by atoms with E-state index in [4.69, 9.17) is 38.1 Å². The number of unbranched alkanes of at least 4 members (excludes halogenated alkanes) is 1. The fourth-order valence-electron chi connectivity index (χ4n) is 2.17. The molecule has 0 aliphatic carbocycles. The van der Waals surface area contributed by atoms with Crippen LogP contribution in [-0.2, 0) is 0 Å². The molecular weight excluding hydrogens is 366 g/mol. The van der Waals surface area contributed by atoms with E-state index in [1.54, 1.807) is 0 Å². The van der Waals surface area contributed by atoms with Gasteiger partial charge in [-0.3, -0.25) is 19.6 Å². The van der Waals surface area contributed by atoms with Gasteiger partial charge in [0.05, 0.1) is 24.3 Å². The zero-order valence-electron chi connectivity index (χ0n) is 15.6. The highest BCUT2D eigenvalue weighted by Crippen LogP contribution is 2.29. The van der Waals surface area contributed by atoms with Crippen LogP contribution in [0.3, 0.4) is 0 Å². The number of hydrogen-bond acceptors (Lipinski definition) is 6. The van der Waals surface area contributed by atoms with E-state index in [0.29, 0.717) is 51.0 Å². The minimum Gasteiger partial charge on any atom is -0.493 e. The third-order valence-electron chi connectivity index (χ3n) is 3.46. The minimum absolute atomic E-state index is 0.0105. The van der Waals surface area contributed by atoms with E-state index in [9.17, 15) is 9.59 Å². The van der Waals surface area contributed by atoms with E-state index in [0.717, 1.165) is 0 Å². The molecule has 10 N–H and O–H groups in total. The normalized spacial score (nSPS) is 10.0. The Morgan fingerprint density at radius 3 is 2.00 bits per heavy atom. The maximum absolute atomic E-state index is 11.7. The highest BCUT2D eigenvalue weighted by Gasteiger charge is 2.16. The number of benzene rings is 1. The van der Waals surface area contributed by atoms with Crippen molar-refractivity contribution >= 4 is 24.1 Å². The number of carbonyl (C=O) groups is 2. The zero-order chi connectivity index (χ0) is 20.9. The van der Waals surface area contributed by atoms with Gasteiger partial charge in [0.25, 0.3) is 5.91 Å². The number of primary amides is 1. The second-order valence-corrected chi connectivity index (χ2v) is 5.74. The summed E-state index contributed by atoms with van der Waals surface area (Å²) in [7, 11) is 0. The number of aliphatic imine (C=N–C) groups is 2. The van der Waals surface area contributed by atoms with Gasteiger partial charge in [-0.1, -0.05) is 0 Å². The van der Waals surface area contributed by atoms with E-state index < -0.39 is 5.91 Å². The number of rotatable bonds is 13. The summed E-state index contributed by atoms with van der Waals surface area (Å²) in [5.74, 6) is -0.179. The van der Waals surface area contributed by atoms with Crippen LogP contribution < -0.4 is 38.1 Å². The lowest BCUT2D eigenvalue weighted by Crippen LogP contribution is -2.23. The summed E-state index contributed by atoms with van der Waals surface area (Å²) in [6.07, 6.45) is 2.49. The van der Waals surface area contributed by atoms with E-state index in [1.165, 1.54) is 12.1 Å². The molecular formula is C17H27N7O4. The van der Waals surface area contributed by atoms with Crippen molar-refractivity contribution in [2.45, 2.75) is 19.3 Å². The van der Waals surface area contributed by atoms with Crippen LogP contribution in [0.15, 0.2) is 22.1 Å². The van der Waals surface area contributed by atoms with Crippen LogP contribution in [0.1, 0.15) is 40.0 Å². The number of guanidine groups is 2. The average Bonchev–Trinajstić information content (AvgIpc) is 2.63. The highest BCUT2D eigenvalue weighted by molar-refractivity contribution is 5.98. The first-order chi connectivity index (χ1) is 13.3. The Bertz CT molecular complexity index is 726. The predicted octanol–water partition coefficient (Wildman–Crippen LogP) is -0.927. The molecule has 28 heavy (non-hydrogen) atoms.